The molecule has 0 spiro atoms. The molecule has 0 radical (unpaired) electrons. The molecule has 0 bridgehead atoms. The summed E-state index contributed by atoms with van der Waals surface area (Å²) < 4.78 is 5.19. The Morgan fingerprint density at radius 1 is 1.54 bits per heavy atom. The van der Waals surface area contributed by atoms with Gasteiger partial charge in [0.1, 0.15) is 0 Å². The van der Waals surface area contributed by atoms with Crippen molar-refractivity contribution in [2.24, 2.45) is 11.5 Å². The summed E-state index contributed by atoms with van der Waals surface area (Å²) in [6.45, 7) is 2.02. The van der Waals surface area contributed by atoms with E-state index in [1.807, 2.05) is 0 Å². The van der Waals surface area contributed by atoms with Crippen LogP contribution in [0.4, 0.5) is 0 Å². The summed E-state index contributed by atoms with van der Waals surface area (Å²) in [7, 11) is 0. The lowest BCUT2D eigenvalue weighted by atomic mass is 10.1. The minimum Gasteiger partial charge on any atom is -0.381 e. The number of nitrogens with one attached hydrogen (secondary N) is 1. The highest BCUT2D eigenvalue weighted by Gasteiger charge is 2.15. The summed E-state index contributed by atoms with van der Waals surface area (Å²) in [6.07, 6.45) is 1.96. The maximum atomic E-state index is 10.6. The van der Waals surface area contributed by atoms with Crippen LogP contribution in [0.3, 0.4) is 0 Å². The molecule has 0 aromatic carbocycles. The Kier molecular flexibility index (Phi) is 4.14. The predicted molar refractivity (Wildman–Crippen MR) is 49.0 cm³/mol. The summed E-state index contributed by atoms with van der Waals surface area (Å²) in [5, 5.41) is 3.20. The minimum atomic E-state index is -0.581. The van der Waals surface area contributed by atoms with Crippen molar-refractivity contribution in [3.05, 3.63) is 0 Å². The molecule has 1 unspecified atom stereocenters. The molecule has 1 heterocycles. The molecule has 1 fully saturated rings. The molecule has 0 saturated carbocycles. The van der Waals surface area contributed by atoms with Gasteiger partial charge in [0, 0.05) is 25.8 Å². The number of carbonyl (C=O) groups excluding carboxylic acids is 1. The van der Waals surface area contributed by atoms with Gasteiger partial charge in [-0.1, -0.05) is 0 Å². The van der Waals surface area contributed by atoms with Gasteiger partial charge in [0.2, 0.25) is 5.91 Å². The zero-order chi connectivity index (χ0) is 9.68. The number of hydrogen-bond acceptors (Lipinski definition) is 4. The van der Waals surface area contributed by atoms with E-state index in [1.165, 1.54) is 0 Å². The Labute approximate surface area is 77.8 Å². The molecule has 1 aliphatic rings. The van der Waals surface area contributed by atoms with E-state index in [4.69, 9.17) is 16.2 Å². The highest BCUT2D eigenvalue weighted by Crippen LogP contribution is 2.05. The first kappa shape index (κ1) is 10.4. The van der Waals surface area contributed by atoms with Gasteiger partial charge in [0.25, 0.3) is 0 Å². The molecule has 1 saturated heterocycles. The monoisotopic (exact) mass is 187 g/mol. The van der Waals surface area contributed by atoms with Crippen LogP contribution in [0.15, 0.2) is 0 Å². The van der Waals surface area contributed by atoms with Crippen molar-refractivity contribution in [3.63, 3.8) is 0 Å². The highest BCUT2D eigenvalue weighted by atomic mass is 16.5. The van der Waals surface area contributed by atoms with E-state index >= 15 is 0 Å². The Balaban J connectivity index is 2.13. The van der Waals surface area contributed by atoms with E-state index in [0.717, 1.165) is 26.1 Å². The van der Waals surface area contributed by atoms with Crippen LogP contribution in [0.25, 0.3) is 0 Å². The van der Waals surface area contributed by atoms with Gasteiger partial charge >= 0.3 is 0 Å². The first-order valence-corrected chi connectivity index (χ1v) is 4.56. The second-order valence-electron chi connectivity index (χ2n) is 3.30. The number of primary amides is 1. The third-order valence-corrected chi connectivity index (χ3v) is 2.21. The molecule has 5 heteroatoms. The zero-order valence-corrected chi connectivity index (χ0v) is 7.66. The minimum absolute atomic E-state index is 0.416. The first-order chi connectivity index (χ1) is 6.20. The third kappa shape index (κ3) is 3.71. The second-order valence-corrected chi connectivity index (χ2v) is 3.30. The average Bonchev–Trinajstić information content (AvgIpc) is 2.15. The van der Waals surface area contributed by atoms with Crippen molar-refractivity contribution in [3.8, 4) is 0 Å². The van der Waals surface area contributed by atoms with Crippen LogP contribution in [-0.2, 0) is 9.53 Å². The summed E-state index contributed by atoms with van der Waals surface area (Å²) in [5.74, 6) is -0.459. The molecule has 1 aliphatic heterocycles. The SMILES string of the molecule is NC(=O)C(N)CNC1CCOCC1. The molecule has 1 rings (SSSR count). The van der Waals surface area contributed by atoms with E-state index in [0.29, 0.717) is 12.6 Å². The quantitative estimate of drug-likeness (QED) is 0.503. The Hall–Kier alpha value is -0.650. The molecule has 0 aromatic rings. The van der Waals surface area contributed by atoms with Crippen molar-refractivity contribution < 1.29 is 9.53 Å². The van der Waals surface area contributed by atoms with Crippen LogP contribution >= 0.6 is 0 Å². The largest absolute Gasteiger partial charge is 0.381 e. The Bertz CT molecular complexity index is 169. The lowest BCUT2D eigenvalue weighted by Crippen LogP contribution is -2.48. The number of carbonyl (C=O) groups is 1. The average molecular weight is 187 g/mol. The number of ether oxygens (including phenoxy) is 1. The van der Waals surface area contributed by atoms with Crippen LogP contribution < -0.4 is 16.8 Å². The fraction of sp³-hybridized carbons (Fsp3) is 0.875. The summed E-state index contributed by atoms with van der Waals surface area (Å²) in [6, 6.07) is -0.165. The van der Waals surface area contributed by atoms with Crippen LogP contribution in [0.5, 0.6) is 0 Å². The predicted octanol–water partition coefficient (Wildman–Crippen LogP) is -1.43. The van der Waals surface area contributed by atoms with Crippen LogP contribution in [0.2, 0.25) is 0 Å². The van der Waals surface area contributed by atoms with E-state index in [9.17, 15) is 4.79 Å². The molecule has 1 atom stereocenters. The first-order valence-electron chi connectivity index (χ1n) is 4.56. The fourth-order valence-corrected chi connectivity index (χ4v) is 1.30. The highest BCUT2D eigenvalue weighted by molar-refractivity contribution is 5.79. The van der Waals surface area contributed by atoms with Gasteiger partial charge in [-0.2, -0.15) is 0 Å². The van der Waals surface area contributed by atoms with Crippen molar-refractivity contribution in [2.75, 3.05) is 19.8 Å². The second kappa shape index (κ2) is 5.16. The third-order valence-electron chi connectivity index (χ3n) is 2.21. The number of nitrogens with two attached hydrogens (primary N) is 2. The van der Waals surface area contributed by atoms with E-state index in [-0.39, 0.29) is 0 Å². The fourth-order valence-electron chi connectivity index (χ4n) is 1.30. The van der Waals surface area contributed by atoms with Crippen molar-refractivity contribution in [2.45, 2.75) is 24.9 Å². The van der Waals surface area contributed by atoms with Crippen LogP contribution in [0, 0.1) is 0 Å². The normalized spacial score (nSPS) is 21.3. The molecule has 5 nitrogen and oxygen atoms in total. The molecule has 0 aromatic heterocycles. The molecule has 0 aliphatic carbocycles. The number of amides is 1. The van der Waals surface area contributed by atoms with Gasteiger partial charge < -0.3 is 21.5 Å². The van der Waals surface area contributed by atoms with Crippen molar-refractivity contribution in [1.29, 1.82) is 0 Å². The zero-order valence-electron chi connectivity index (χ0n) is 7.66. The van der Waals surface area contributed by atoms with E-state index < -0.39 is 11.9 Å². The molecular formula is C8H17N3O2. The smallest absolute Gasteiger partial charge is 0.235 e. The van der Waals surface area contributed by atoms with Gasteiger partial charge in [-0.25, -0.2) is 0 Å². The van der Waals surface area contributed by atoms with E-state index in [2.05, 4.69) is 5.32 Å². The van der Waals surface area contributed by atoms with Crippen LogP contribution in [0.1, 0.15) is 12.8 Å². The Morgan fingerprint density at radius 3 is 2.69 bits per heavy atom. The number of rotatable bonds is 4. The number of hydrogen-bond donors (Lipinski definition) is 3. The molecular weight excluding hydrogens is 170 g/mol. The maximum absolute atomic E-state index is 10.6. The van der Waals surface area contributed by atoms with E-state index in [1.54, 1.807) is 0 Å². The van der Waals surface area contributed by atoms with Crippen LogP contribution in [-0.4, -0.2) is 37.7 Å². The maximum Gasteiger partial charge on any atom is 0.235 e. The topological polar surface area (TPSA) is 90.4 Å². The Morgan fingerprint density at radius 2 is 2.15 bits per heavy atom. The van der Waals surface area contributed by atoms with Gasteiger partial charge in [-0.05, 0) is 12.8 Å². The molecule has 5 N–H and O–H groups in total. The van der Waals surface area contributed by atoms with Gasteiger partial charge in [0.05, 0.1) is 6.04 Å². The summed E-state index contributed by atoms with van der Waals surface area (Å²) in [4.78, 5) is 10.6. The van der Waals surface area contributed by atoms with Gasteiger partial charge in [0.15, 0.2) is 0 Å². The summed E-state index contributed by atoms with van der Waals surface area (Å²) >= 11 is 0. The standard InChI is InChI=1S/C8H17N3O2/c9-7(8(10)12)5-11-6-1-3-13-4-2-6/h6-7,11H,1-5,9H2,(H2,10,12). The molecule has 13 heavy (non-hydrogen) atoms. The van der Waals surface area contributed by atoms with Crippen molar-refractivity contribution in [1.82, 2.24) is 5.32 Å². The van der Waals surface area contributed by atoms with Gasteiger partial charge in [-0.3, -0.25) is 4.79 Å². The molecule has 1 amide bonds. The lowest BCUT2D eigenvalue weighted by Gasteiger charge is -2.24. The lowest BCUT2D eigenvalue weighted by molar-refractivity contribution is -0.119. The molecule has 76 valence electrons. The summed E-state index contributed by atoms with van der Waals surface area (Å²) in [5.41, 5.74) is 10.5. The van der Waals surface area contributed by atoms with Gasteiger partial charge in [-0.15, -0.1) is 0 Å². The van der Waals surface area contributed by atoms with Crippen molar-refractivity contribution >= 4 is 5.91 Å².